The number of nitrogens with zero attached hydrogens (tertiary/aromatic N) is 2. The van der Waals surface area contributed by atoms with E-state index in [0.717, 1.165) is 17.5 Å². The lowest BCUT2D eigenvalue weighted by atomic mass is 10.2. The standard InChI is InChI=1S/C10H17N3O4S/c1-7-9(8(2)17-12-7)6-13(3)10(14)5-11-18(4,15)16/h11H,5-6H2,1-4H3. The van der Waals surface area contributed by atoms with E-state index in [-0.39, 0.29) is 12.5 Å². The number of sulfonamides is 1. The number of aromatic nitrogens is 1. The van der Waals surface area contributed by atoms with E-state index in [2.05, 4.69) is 9.88 Å². The third-order valence-corrected chi connectivity index (χ3v) is 3.16. The molecular weight excluding hydrogens is 258 g/mol. The van der Waals surface area contributed by atoms with Crippen molar-refractivity contribution in [1.29, 1.82) is 0 Å². The van der Waals surface area contributed by atoms with Gasteiger partial charge >= 0.3 is 0 Å². The number of amides is 1. The topological polar surface area (TPSA) is 92.5 Å². The Morgan fingerprint density at radius 2 is 2.06 bits per heavy atom. The number of rotatable bonds is 5. The van der Waals surface area contributed by atoms with Crippen molar-refractivity contribution in [1.82, 2.24) is 14.8 Å². The molecule has 0 aliphatic rings. The smallest absolute Gasteiger partial charge is 0.237 e. The molecule has 0 bridgehead atoms. The number of hydrogen-bond donors (Lipinski definition) is 1. The number of likely N-dealkylation sites (N-methyl/N-ethyl adjacent to an activating group) is 1. The van der Waals surface area contributed by atoms with Crippen LogP contribution in [0, 0.1) is 13.8 Å². The lowest BCUT2D eigenvalue weighted by molar-refractivity contribution is -0.129. The second kappa shape index (κ2) is 5.49. The van der Waals surface area contributed by atoms with Gasteiger partial charge in [0.25, 0.3) is 0 Å². The first-order chi connectivity index (χ1) is 8.20. The summed E-state index contributed by atoms with van der Waals surface area (Å²) in [6.07, 6.45) is 1.01. The fourth-order valence-electron chi connectivity index (χ4n) is 1.38. The van der Waals surface area contributed by atoms with Gasteiger partial charge < -0.3 is 9.42 Å². The summed E-state index contributed by atoms with van der Waals surface area (Å²) in [6, 6.07) is 0. The van der Waals surface area contributed by atoms with Gasteiger partial charge in [-0.05, 0) is 13.8 Å². The molecule has 7 nitrogen and oxygen atoms in total. The normalized spacial score (nSPS) is 11.6. The maximum Gasteiger partial charge on any atom is 0.237 e. The molecule has 0 spiro atoms. The molecule has 0 fully saturated rings. The van der Waals surface area contributed by atoms with Crippen LogP contribution in [0.3, 0.4) is 0 Å². The quantitative estimate of drug-likeness (QED) is 0.803. The third kappa shape index (κ3) is 4.11. The van der Waals surface area contributed by atoms with E-state index in [1.807, 2.05) is 0 Å². The molecule has 0 aliphatic heterocycles. The molecule has 18 heavy (non-hydrogen) atoms. The van der Waals surface area contributed by atoms with Crippen LogP contribution >= 0.6 is 0 Å². The second-order valence-electron chi connectivity index (χ2n) is 4.15. The van der Waals surface area contributed by atoms with Crippen molar-refractivity contribution in [2.75, 3.05) is 19.8 Å². The Hall–Kier alpha value is -1.41. The fourth-order valence-corrected chi connectivity index (χ4v) is 1.77. The molecule has 0 aliphatic carbocycles. The molecule has 1 heterocycles. The van der Waals surface area contributed by atoms with Gasteiger partial charge in [0.05, 0.1) is 25.0 Å². The number of carbonyl (C=O) groups excluding carboxylic acids is 1. The Kier molecular flexibility index (Phi) is 4.47. The van der Waals surface area contributed by atoms with Crippen LogP contribution in [-0.2, 0) is 21.4 Å². The first-order valence-electron chi connectivity index (χ1n) is 5.31. The van der Waals surface area contributed by atoms with Gasteiger partial charge in [-0.3, -0.25) is 4.79 Å². The molecule has 0 atom stereocenters. The zero-order chi connectivity index (χ0) is 13.9. The minimum atomic E-state index is -3.36. The lowest BCUT2D eigenvalue weighted by Gasteiger charge is -2.16. The summed E-state index contributed by atoms with van der Waals surface area (Å²) in [6.45, 7) is 3.64. The molecule has 0 saturated carbocycles. The van der Waals surface area contributed by atoms with Gasteiger partial charge in [0, 0.05) is 12.6 Å². The number of carbonyl (C=O) groups is 1. The van der Waals surface area contributed by atoms with Crippen LogP contribution in [-0.4, -0.2) is 44.2 Å². The van der Waals surface area contributed by atoms with Crippen molar-refractivity contribution in [3.63, 3.8) is 0 Å². The molecule has 1 N–H and O–H groups in total. The van der Waals surface area contributed by atoms with Gasteiger partial charge in [-0.1, -0.05) is 5.16 Å². The van der Waals surface area contributed by atoms with Crippen molar-refractivity contribution in [2.24, 2.45) is 0 Å². The van der Waals surface area contributed by atoms with E-state index in [0.29, 0.717) is 12.3 Å². The highest BCUT2D eigenvalue weighted by Crippen LogP contribution is 2.14. The third-order valence-electron chi connectivity index (χ3n) is 2.49. The van der Waals surface area contributed by atoms with E-state index in [4.69, 9.17) is 4.52 Å². The lowest BCUT2D eigenvalue weighted by Crippen LogP contribution is -2.37. The average molecular weight is 275 g/mol. The summed E-state index contributed by atoms with van der Waals surface area (Å²) in [5.74, 6) is 0.337. The summed E-state index contributed by atoms with van der Waals surface area (Å²) in [7, 11) is -1.76. The first kappa shape index (κ1) is 14.7. The number of nitrogens with one attached hydrogen (secondary N) is 1. The molecule has 1 amide bonds. The Morgan fingerprint density at radius 3 is 2.50 bits per heavy atom. The Balaban J connectivity index is 2.61. The van der Waals surface area contributed by atoms with Crippen LogP contribution in [0.2, 0.25) is 0 Å². The molecule has 1 aromatic rings. The van der Waals surface area contributed by atoms with Crippen molar-refractivity contribution >= 4 is 15.9 Å². The molecule has 1 rings (SSSR count). The van der Waals surface area contributed by atoms with E-state index in [1.54, 1.807) is 20.9 Å². The summed E-state index contributed by atoms with van der Waals surface area (Å²) < 4.78 is 28.9. The molecular formula is C10H17N3O4S. The summed E-state index contributed by atoms with van der Waals surface area (Å²) in [5, 5.41) is 3.79. The highest BCUT2D eigenvalue weighted by Gasteiger charge is 2.16. The molecule has 0 saturated heterocycles. The maximum atomic E-state index is 11.7. The van der Waals surface area contributed by atoms with Gasteiger partial charge in [-0.15, -0.1) is 0 Å². The van der Waals surface area contributed by atoms with E-state index < -0.39 is 10.0 Å². The summed E-state index contributed by atoms with van der Waals surface area (Å²) in [5.41, 5.74) is 1.56. The molecule has 8 heteroatoms. The fraction of sp³-hybridized carbons (Fsp3) is 0.600. The van der Waals surface area contributed by atoms with Crippen LogP contribution in [0.1, 0.15) is 17.0 Å². The van der Waals surface area contributed by atoms with Crippen LogP contribution in [0.15, 0.2) is 4.52 Å². The predicted octanol–water partition coefficient (Wildman–Crippen LogP) is -0.201. The van der Waals surface area contributed by atoms with E-state index >= 15 is 0 Å². The molecule has 1 aromatic heterocycles. The van der Waals surface area contributed by atoms with Crippen molar-refractivity contribution in [3.05, 3.63) is 17.0 Å². The molecule has 102 valence electrons. The van der Waals surface area contributed by atoms with Crippen LogP contribution in [0.25, 0.3) is 0 Å². The highest BCUT2D eigenvalue weighted by atomic mass is 32.2. The van der Waals surface area contributed by atoms with Crippen LogP contribution in [0.4, 0.5) is 0 Å². The number of hydrogen-bond acceptors (Lipinski definition) is 5. The maximum absolute atomic E-state index is 11.7. The predicted molar refractivity (Wildman–Crippen MR) is 65.3 cm³/mol. The van der Waals surface area contributed by atoms with Crippen LogP contribution < -0.4 is 4.72 Å². The SMILES string of the molecule is Cc1noc(C)c1CN(C)C(=O)CNS(C)(=O)=O. The van der Waals surface area contributed by atoms with Gasteiger partial charge in [0.15, 0.2) is 0 Å². The van der Waals surface area contributed by atoms with Gasteiger partial charge in [0.1, 0.15) is 5.76 Å². The van der Waals surface area contributed by atoms with Gasteiger partial charge in [0.2, 0.25) is 15.9 Å². The molecule has 0 unspecified atom stereocenters. The summed E-state index contributed by atoms with van der Waals surface area (Å²) in [4.78, 5) is 13.1. The zero-order valence-corrected chi connectivity index (χ0v) is 11.7. The van der Waals surface area contributed by atoms with Crippen molar-refractivity contribution in [2.45, 2.75) is 20.4 Å². The first-order valence-corrected chi connectivity index (χ1v) is 7.20. The highest BCUT2D eigenvalue weighted by molar-refractivity contribution is 7.88. The van der Waals surface area contributed by atoms with E-state index in [9.17, 15) is 13.2 Å². The molecule has 0 aromatic carbocycles. The Morgan fingerprint density at radius 1 is 1.44 bits per heavy atom. The van der Waals surface area contributed by atoms with Gasteiger partial charge in [-0.2, -0.15) is 0 Å². The van der Waals surface area contributed by atoms with Crippen molar-refractivity contribution < 1.29 is 17.7 Å². The minimum absolute atomic E-state index is 0.251. The number of aryl methyl sites for hydroxylation is 2. The van der Waals surface area contributed by atoms with Crippen LogP contribution in [0.5, 0.6) is 0 Å². The minimum Gasteiger partial charge on any atom is -0.361 e. The van der Waals surface area contributed by atoms with Crippen molar-refractivity contribution in [3.8, 4) is 0 Å². The zero-order valence-electron chi connectivity index (χ0n) is 10.8. The Labute approximate surface area is 106 Å². The largest absolute Gasteiger partial charge is 0.361 e. The molecule has 0 radical (unpaired) electrons. The van der Waals surface area contributed by atoms with E-state index in [1.165, 1.54) is 4.90 Å². The monoisotopic (exact) mass is 275 g/mol. The second-order valence-corrected chi connectivity index (χ2v) is 5.98. The van der Waals surface area contributed by atoms with Gasteiger partial charge in [-0.25, -0.2) is 13.1 Å². The average Bonchev–Trinajstić information content (AvgIpc) is 2.56. The Bertz CT molecular complexity index is 516. The summed E-state index contributed by atoms with van der Waals surface area (Å²) >= 11 is 0.